The van der Waals surface area contributed by atoms with E-state index in [1.54, 1.807) is 24.3 Å². The smallest absolute Gasteiger partial charge is 0.305 e. The minimum atomic E-state index is -0.954. The van der Waals surface area contributed by atoms with Crippen molar-refractivity contribution in [2.75, 3.05) is 6.54 Å². The van der Waals surface area contributed by atoms with E-state index in [1.165, 1.54) is 11.8 Å². The lowest BCUT2D eigenvalue weighted by Crippen LogP contribution is -2.41. The van der Waals surface area contributed by atoms with Crippen molar-refractivity contribution in [1.82, 2.24) is 10.2 Å². The minimum Gasteiger partial charge on any atom is -0.481 e. The number of amides is 2. The average molecular weight is 355 g/mol. The summed E-state index contributed by atoms with van der Waals surface area (Å²) in [6, 6.07) is 6.29. The molecule has 1 aromatic carbocycles. The molecule has 0 saturated heterocycles. The number of halogens is 1. The van der Waals surface area contributed by atoms with Crippen LogP contribution in [0.25, 0.3) is 0 Å². The van der Waals surface area contributed by atoms with E-state index in [4.69, 9.17) is 16.7 Å². The van der Waals surface area contributed by atoms with Crippen molar-refractivity contribution in [3.63, 3.8) is 0 Å². The predicted molar refractivity (Wildman–Crippen MR) is 91.7 cm³/mol. The Labute approximate surface area is 146 Å². The number of carboxylic acid groups (broad SMARTS) is 1. The second-order valence-corrected chi connectivity index (χ2v) is 6.27. The van der Waals surface area contributed by atoms with Crippen molar-refractivity contribution in [2.45, 2.75) is 45.7 Å². The largest absolute Gasteiger partial charge is 0.481 e. The molecular formula is C17H23ClN2O4. The first-order valence-corrected chi connectivity index (χ1v) is 8.12. The zero-order valence-electron chi connectivity index (χ0n) is 14.1. The van der Waals surface area contributed by atoms with Gasteiger partial charge >= 0.3 is 5.97 Å². The van der Waals surface area contributed by atoms with Gasteiger partial charge in [0.1, 0.15) is 0 Å². The van der Waals surface area contributed by atoms with Crippen LogP contribution in [-0.4, -0.2) is 40.4 Å². The van der Waals surface area contributed by atoms with Crippen LogP contribution in [0.4, 0.5) is 0 Å². The van der Waals surface area contributed by atoms with Crippen molar-refractivity contribution >= 4 is 29.4 Å². The van der Waals surface area contributed by atoms with E-state index in [-0.39, 0.29) is 37.2 Å². The fourth-order valence-corrected chi connectivity index (χ4v) is 2.50. The van der Waals surface area contributed by atoms with Crippen LogP contribution in [0.5, 0.6) is 0 Å². The highest BCUT2D eigenvalue weighted by Gasteiger charge is 2.23. The number of aliphatic carboxylic acids is 1. The summed E-state index contributed by atoms with van der Waals surface area (Å²) >= 11 is 5.87. The molecule has 7 heteroatoms. The maximum Gasteiger partial charge on any atom is 0.305 e. The molecule has 0 radical (unpaired) electrons. The number of carbonyl (C=O) groups excluding carboxylic acids is 2. The van der Waals surface area contributed by atoms with Gasteiger partial charge in [0.25, 0.3) is 0 Å². The van der Waals surface area contributed by atoms with Gasteiger partial charge in [-0.1, -0.05) is 23.7 Å². The number of hydrogen-bond acceptors (Lipinski definition) is 3. The Kier molecular flexibility index (Phi) is 7.71. The van der Waals surface area contributed by atoms with Gasteiger partial charge in [0.05, 0.1) is 18.9 Å². The van der Waals surface area contributed by atoms with Crippen molar-refractivity contribution in [3.8, 4) is 0 Å². The van der Waals surface area contributed by atoms with Crippen molar-refractivity contribution in [1.29, 1.82) is 0 Å². The van der Waals surface area contributed by atoms with Crippen LogP contribution >= 0.6 is 11.6 Å². The summed E-state index contributed by atoms with van der Waals surface area (Å²) in [5, 5.41) is 12.1. The Bertz CT molecular complexity index is 587. The zero-order chi connectivity index (χ0) is 18.3. The molecule has 1 aromatic rings. The number of carboxylic acids is 1. The van der Waals surface area contributed by atoms with Crippen LogP contribution in [-0.2, 0) is 14.4 Å². The molecule has 0 aliphatic rings. The normalized spacial score (nSPS) is 11.9. The Hall–Kier alpha value is -2.08. The summed E-state index contributed by atoms with van der Waals surface area (Å²) in [6.45, 7) is 5.18. The van der Waals surface area contributed by atoms with Gasteiger partial charge in [0, 0.05) is 24.5 Å². The second kappa shape index (κ2) is 9.27. The molecule has 1 atom stereocenters. The molecule has 0 aromatic heterocycles. The van der Waals surface area contributed by atoms with E-state index < -0.39 is 12.0 Å². The SMILES string of the molecule is CC(=O)NC(CC(=O)N(CCC(=O)O)C(C)C)c1ccc(Cl)cc1. The summed E-state index contributed by atoms with van der Waals surface area (Å²) in [5.74, 6) is -1.41. The van der Waals surface area contributed by atoms with E-state index in [1.807, 2.05) is 13.8 Å². The highest BCUT2D eigenvalue weighted by molar-refractivity contribution is 6.30. The third-order valence-electron chi connectivity index (χ3n) is 3.54. The number of hydrogen-bond donors (Lipinski definition) is 2. The lowest BCUT2D eigenvalue weighted by Gasteiger charge is -2.28. The summed E-state index contributed by atoms with van der Waals surface area (Å²) in [5.41, 5.74) is 0.768. The Morgan fingerprint density at radius 3 is 2.25 bits per heavy atom. The summed E-state index contributed by atoms with van der Waals surface area (Å²) in [4.78, 5) is 36.3. The van der Waals surface area contributed by atoms with Gasteiger partial charge in [-0.25, -0.2) is 0 Å². The number of carbonyl (C=O) groups is 3. The third-order valence-corrected chi connectivity index (χ3v) is 3.79. The van der Waals surface area contributed by atoms with Crippen molar-refractivity contribution < 1.29 is 19.5 Å². The number of benzene rings is 1. The average Bonchev–Trinajstić information content (AvgIpc) is 2.46. The molecular weight excluding hydrogens is 332 g/mol. The van der Waals surface area contributed by atoms with E-state index in [9.17, 15) is 14.4 Å². The molecule has 2 amide bonds. The summed E-state index contributed by atoms with van der Waals surface area (Å²) in [6.07, 6.45) is -0.0608. The maximum absolute atomic E-state index is 12.6. The first-order valence-electron chi connectivity index (χ1n) is 7.74. The van der Waals surface area contributed by atoms with Crippen molar-refractivity contribution in [2.24, 2.45) is 0 Å². The summed E-state index contributed by atoms with van der Waals surface area (Å²) in [7, 11) is 0. The lowest BCUT2D eigenvalue weighted by atomic mass is 10.0. The minimum absolute atomic E-state index is 0.0546. The van der Waals surface area contributed by atoms with Crippen LogP contribution < -0.4 is 5.32 Å². The van der Waals surface area contributed by atoms with E-state index >= 15 is 0 Å². The molecule has 24 heavy (non-hydrogen) atoms. The lowest BCUT2D eigenvalue weighted by molar-refractivity contribution is -0.139. The van der Waals surface area contributed by atoms with Gasteiger partial charge in [0.2, 0.25) is 11.8 Å². The highest BCUT2D eigenvalue weighted by atomic mass is 35.5. The molecule has 0 bridgehead atoms. The Morgan fingerprint density at radius 2 is 1.79 bits per heavy atom. The van der Waals surface area contributed by atoms with E-state index in [0.717, 1.165) is 5.56 Å². The van der Waals surface area contributed by atoms with Gasteiger partial charge in [-0.2, -0.15) is 0 Å². The summed E-state index contributed by atoms with van der Waals surface area (Å²) < 4.78 is 0. The highest BCUT2D eigenvalue weighted by Crippen LogP contribution is 2.21. The molecule has 0 spiro atoms. The van der Waals surface area contributed by atoms with E-state index in [0.29, 0.717) is 5.02 Å². The molecule has 0 aliphatic carbocycles. The fraction of sp³-hybridized carbons (Fsp3) is 0.471. The van der Waals surface area contributed by atoms with Crippen LogP contribution in [0.1, 0.15) is 45.2 Å². The second-order valence-electron chi connectivity index (χ2n) is 5.83. The van der Waals surface area contributed by atoms with Crippen LogP contribution in [0.3, 0.4) is 0 Å². The maximum atomic E-state index is 12.6. The standard InChI is InChI=1S/C17H23ClN2O4/c1-11(2)20(9-8-17(23)24)16(22)10-15(19-12(3)21)13-4-6-14(18)7-5-13/h4-7,11,15H,8-10H2,1-3H3,(H,19,21)(H,23,24). The molecule has 2 N–H and O–H groups in total. The molecule has 1 rings (SSSR count). The van der Waals surface area contributed by atoms with Crippen LogP contribution in [0.15, 0.2) is 24.3 Å². The van der Waals surface area contributed by atoms with Gasteiger partial charge < -0.3 is 15.3 Å². The molecule has 1 unspecified atom stereocenters. The predicted octanol–water partition coefficient (Wildman–Crippen LogP) is 2.62. The van der Waals surface area contributed by atoms with E-state index in [2.05, 4.69) is 5.32 Å². The third kappa shape index (κ3) is 6.58. The monoisotopic (exact) mass is 354 g/mol. The molecule has 0 heterocycles. The van der Waals surface area contributed by atoms with Gasteiger partial charge in [0.15, 0.2) is 0 Å². The topological polar surface area (TPSA) is 86.7 Å². The molecule has 132 valence electrons. The fourth-order valence-electron chi connectivity index (χ4n) is 2.37. The number of nitrogens with one attached hydrogen (secondary N) is 1. The van der Waals surface area contributed by atoms with Gasteiger partial charge in [-0.3, -0.25) is 14.4 Å². The van der Waals surface area contributed by atoms with Crippen LogP contribution in [0.2, 0.25) is 5.02 Å². The quantitative estimate of drug-likeness (QED) is 0.751. The van der Waals surface area contributed by atoms with Crippen molar-refractivity contribution in [3.05, 3.63) is 34.9 Å². The molecule has 0 aliphatic heterocycles. The zero-order valence-corrected chi connectivity index (χ0v) is 14.8. The number of nitrogens with zero attached hydrogens (tertiary/aromatic N) is 1. The van der Waals surface area contributed by atoms with Crippen LogP contribution in [0, 0.1) is 0 Å². The molecule has 6 nitrogen and oxygen atoms in total. The number of rotatable bonds is 8. The first kappa shape index (κ1) is 20.0. The molecule has 0 fully saturated rings. The Morgan fingerprint density at radius 1 is 1.21 bits per heavy atom. The first-order chi connectivity index (χ1) is 11.2. The Balaban J connectivity index is 2.90. The van der Waals surface area contributed by atoms with Gasteiger partial charge in [-0.05, 0) is 31.5 Å². The van der Waals surface area contributed by atoms with Gasteiger partial charge in [-0.15, -0.1) is 0 Å². The molecule has 0 saturated carbocycles.